The molecule has 2 aromatic rings. The van der Waals surface area contributed by atoms with E-state index in [0.717, 1.165) is 17.7 Å². The maximum absolute atomic E-state index is 12.9. The summed E-state index contributed by atoms with van der Waals surface area (Å²) >= 11 is 0. The fourth-order valence-corrected chi connectivity index (χ4v) is 3.13. The van der Waals surface area contributed by atoms with Crippen molar-refractivity contribution in [1.82, 2.24) is 4.90 Å². The molecule has 4 nitrogen and oxygen atoms in total. The average molecular weight is 390 g/mol. The van der Waals surface area contributed by atoms with Crippen LogP contribution in [0.25, 0.3) is 6.08 Å². The van der Waals surface area contributed by atoms with E-state index in [-0.39, 0.29) is 5.91 Å². The van der Waals surface area contributed by atoms with Crippen molar-refractivity contribution in [2.75, 3.05) is 38.2 Å². The van der Waals surface area contributed by atoms with Gasteiger partial charge >= 0.3 is 6.18 Å². The summed E-state index contributed by atoms with van der Waals surface area (Å²) in [4.78, 5) is 16.0. The first-order valence-corrected chi connectivity index (χ1v) is 8.90. The Hall–Kier alpha value is -2.96. The van der Waals surface area contributed by atoms with Crippen LogP contribution in [0.3, 0.4) is 0 Å². The average Bonchev–Trinajstić information content (AvgIpc) is 2.72. The van der Waals surface area contributed by atoms with Crippen LogP contribution < -0.4 is 9.64 Å². The van der Waals surface area contributed by atoms with Gasteiger partial charge in [0.1, 0.15) is 5.75 Å². The zero-order valence-electron chi connectivity index (χ0n) is 15.4. The smallest absolute Gasteiger partial charge is 0.416 e. The van der Waals surface area contributed by atoms with Crippen molar-refractivity contribution in [3.63, 3.8) is 0 Å². The number of carbonyl (C=O) groups is 1. The first kappa shape index (κ1) is 19.8. The summed E-state index contributed by atoms with van der Waals surface area (Å²) in [6, 6.07) is 12.7. The summed E-state index contributed by atoms with van der Waals surface area (Å²) in [6.45, 7) is 1.86. The molecule has 1 fully saturated rings. The van der Waals surface area contributed by atoms with E-state index in [0.29, 0.717) is 37.6 Å². The highest BCUT2D eigenvalue weighted by molar-refractivity contribution is 5.92. The van der Waals surface area contributed by atoms with Gasteiger partial charge in [-0.1, -0.05) is 24.3 Å². The van der Waals surface area contributed by atoms with E-state index in [9.17, 15) is 18.0 Å². The predicted molar refractivity (Wildman–Crippen MR) is 102 cm³/mol. The Bertz CT molecular complexity index is 857. The predicted octanol–water partition coefficient (Wildman–Crippen LogP) is 4.08. The molecular weight excluding hydrogens is 369 g/mol. The number of methoxy groups -OCH3 is 1. The topological polar surface area (TPSA) is 32.8 Å². The second-order valence-electron chi connectivity index (χ2n) is 6.44. The van der Waals surface area contributed by atoms with Gasteiger partial charge in [-0.05, 0) is 30.3 Å². The Labute approximate surface area is 161 Å². The lowest BCUT2D eigenvalue weighted by molar-refractivity contribution is -0.137. The third kappa shape index (κ3) is 4.65. The number of carbonyl (C=O) groups excluding carboxylic acids is 1. The SMILES string of the molecule is COc1ccccc1/C=C/C(=O)N1CCN(c2cccc(C(F)(F)F)c2)CC1. The number of amides is 1. The minimum Gasteiger partial charge on any atom is -0.496 e. The summed E-state index contributed by atoms with van der Waals surface area (Å²) in [6.07, 6.45) is -1.16. The number of ether oxygens (including phenoxy) is 1. The molecule has 0 spiro atoms. The van der Waals surface area contributed by atoms with Gasteiger partial charge in [0.25, 0.3) is 0 Å². The van der Waals surface area contributed by atoms with Crippen LogP contribution >= 0.6 is 0 Å². The van der Waals surface area contributed by atoms with E-state index in [1.54, 1.807) is 24.2 Å². The van der Waals surface area contributed by atoms with Crippen molar-refractivity contribution < 1.29 is 22.7 Å². The molecule has 1 saturated heterocycles. The summed E-state index contributed by atoms with van der Waals surface area (Å²) in [7, 11) is 1.57. The maximum atomic E-state index is 12.9. The third-order valence-electron chi connectivity index (χ3n) is 4.67. The van der Waals surface area contributed by atoms with Crippen LogP contribution in [0.15, 0.2) is 54.6 Å². The minimum atomic E-state index is -4.36. The zero-order valence-corrected chi connectivity index (χ0v) is 15.4. The van der Waals surface area contributed by atoms with Crippen molar-refractivity contribution in [1.29, 1.82) is 0 Å². The minimum absolute atomic E-state index is 0.130. The number of halogens is 3. The molecule has 1 aliphatic rings. The number of hydrogen-bond acceptors (Lipinski definition) is 3. The highest BCUT2D eigenvalue weighted by Gasteiger charge is 2.31. The van der Waals surface area contributed by atoms with Gasteiger partial charge in [0.05, 0.1) is 12.7 Å². The number of piperazine rings is 1. The lowest BCUT2D eigenvalue weighted by Gasteiger charge is -2.36. The summed E-state index contributed by atoms with van der Waals surface area (Å²) in [5.41, 5.74) is 0.663. The molecule has 0 atom stereocenters. The molecule has 0 aromatic heterocycles. The van der Waals surface area contributed by atoms with E-state index in [2.05, 4.69) is 0 Å². The Morgan fingerprint density at radius 3 is 2.43 bits per heavy atom. The van der Waals surface area contributed by atoms with Gasteiger partial charge in [-0.25, -0.2) is 0 Å². The summed E-state index contributed by atoms with van der Waals surface area (Å²) in [5, 5.41) is 0. The summed E-state index contributed by atoms with van der Waals surface area (Å²) < 4.78 is 43.9. The van der Waals surface area contributed by atoms with Crippen LogP contribution in [0.1, 0.15) is 11.1 Å². The lowest BCUT2D eigenvalue weighted by Crippen LogP contribution is -2.48. The van der Waals surface area contributed by atoms with Gasteiger partial charge in [-0.3, -0.25) is 4.79 Å². The van der Waals surface area contributed by atoms with E-state index in [1.165, 1.54) is 12.1 Å². The van der Waals surface area contributed by atoms with Gasteiger partial charge < -0.3 is 14.5 Å². The molecule has 0 radical (unpaired) electrons. The molecule has 0 saturated carbocycles. The summed E-state index contributed by atoms with van der Waals surface area (Å²) in [5.74, 6) is 0.551. The Morgan fingerprint density at radius 2 is 1.75 bits per heavy atom. The van der Waals surface area contributed by atoms with Crippen molar-refractivity contribution in [3.05, 3.63) is 65.7 Å². The van der Waals surface area contributed by atoms with Crippen LogP contribution in [-0.2, 0) is 11.0 Å². The zero-order chi connectivity index (χ0) is 20.1. The largest absolute Gasteiger partial charge is 0.496 e. The normalized spacial score (nSPS) is 15.1. The highest BCUT2D eigenvalue weighted by Crippen LogP contribution is 2.31. The number of para-hydroxylation sites is 1. The molecule has 2 aromatic carbocycles. The number of benzene rings is 2. The first-order chi connectivity index (χ1) is 13.4. The molecule has 0 aliphatic carbocycles. The van der Waals surface area contributed by atoms with Crippen molar-refractivity contribution in [2.45, 2.75) is 6.18 Å². The van der Waals surface area contributed by atoms with Crippen LogP contribution in [0, 0.1) is 0 Å². The Morgan fingerprint density at radius 1 is 1.04 bits per heavy atom. The monoisotopic (exact) mass is 390 g/mol. The standard InChI is InChI=1S/C21H21F3N2O2/c1-28-19-8-3-2-5-16(19)9-10-20(27)26-13-11-25(12-14-26)18-7-4-6-17(15-18)21(22,23)24/h2-10,15H,11-14H2,1H3/b10-9+. The van der Waals surface area contributed by atoms with E-state index in [4.69, 9.17) is 4.74 Å². The van der Waals surface area contributed by atoms with E-state index < -0.39 is 11.7 Å². The second kappa shape index (κ2) is 8.37. The fourth-order valence-electron chi connectivity index (χ4n) is 3.13. The molecule has 3 rings (SSSR count). The Kier molecular flexibility index (Phi) is 5.92. The van der Waals surface area contributed by atoms with Gasteiger partial charge in [0, 0.05) is 43.5 Å². The molecule has 0 unspecified atom stereocenters. The number of hydrogen-bond donors (Lipinski definition) is 0. The fraction of sp³-hybridized carbons (Fsp3) is 0.286. The Balaban J connectivity index is 1.61. The number of rotatable bonds is 4. The molecule has 7 heteroatoms. The molecular formula is C21H21F3N2O2. The number of anilines is 1. The lowest BCUT2D eigenvalue weighted by atomic mass is 10.1. The molecule has 1 amide bonds. The quantitative estimate of drug-likeness (QED) is 0.738. The van der Waals surface area contributed by atoms with Crippen LogP contribution in [-0.4, -0.2) is 44.1 Å². The molecule has 0 N–H and O–H groups in total. The van der Waals surface area contributed by atoms with Crippen molar-refractivity contribution >= 4 is 17.7 Å². The maximum Gasteiger partial charge on any atom is 0.416 e. The van der Waals surface area contributed by atoms with Gasteiger partial charge in [-0.2, -0.15) is 13.2 Å². The molecule has 28 heavy (non-hydrogen) atoms. The number of alkyl halides is 3. The molecule has 1 heterocycles. The van der Waals surface area contributed by atoms with Crippen LogP contribution in [0.5, 0.6) is 5.75 Å². The molecule has 148 valence electrons. The van der Waals surface area contributed by atoms with E-state index in [1.807, 2.05) is 29.2 Å². The third-order valence-corrected chi connectivity index (χ3v) is 4.67. The number of nitrogens with zero attached hydrogens (tertiary/aromatic N) is 2. The van der Waals surface area contributed by atoms with Crippen molar-refractivity contribution in [3.8, 4) is 5.75 Å². The first-order valence-electron chi connectivity index (χ1n) is 8.90. The second-order valence-corrected chi connectivity index (χ2v) is 6.44. The van der Waals surface area contributed by atoms with Gasteiger partial charge in [0.2, 0.25) is 5.91 Å². The van der Waals surface area contributed by atoms with Crippen molar-refractivity contribution in [2.24, 2.45) is 0 Å². The highest BCUT2D eigenvalue weighted by atomic mass is 19.4. The van der Waals surface area contributed by atoms with Crippen LogP contribution in [0.2, 0.25) is 0 Å². The van der Waals surface area contributed by atoms with E-state index >= 15 is 0 Å². The molecule has 0 bridgehead atoms. The van der Waals surface area contributed by atoms with Crippen LogP contribution in [0.4, 0.5) is 18.9 Å². The van der Waals surface area contributed by atoms with Gasteiger partial charge in [0.15, 0.2) is 0 Å². The van der Waals surface area contributed by atoms with Gasteiger partial charge in [-0.15, -0.1) is 0 Å². The molecule has 1 aliphatic heterocycles.